The van der Waals surface area contributed by atoms with Gasteiger partial charge in [0.15, 0.2) is 6.19 Å². The number of carboxylic acids is 1. The number of benzene rings is 1. The highest BCUT2D eigenvalue weighted by atomic mass is 16.6. The minimum Gasteiger partial charge on any atom is -0.481 e. The Morgan fingerprint density at radius 2 is 2.09 bits per heavy atom. The number of hydrogen-bond donors (Lipinski definition) is 1. The lowest BCUT2D eigenvalue weighted by Crippen LogP contribution is -2.56. The van der Waals surface area contributed by atoms with Gasteiger partial charge in [0, 0.05) is 14.2 Å². The highest BCUT2D eigenvalue weighted by Gasteiger charge is 2.44. The van der Waals surface area contributed by atoms with E-state index in [4.69, 9.17) is 14.6 Å². The number of aliphatic carboxylic acids is 1. The first-order valence-corrected chi connectivity index (χ1v) is 7.02. The third-order valence-electron chi connectivity index (χ3n) is 3.71. The van der Waals surface area contributed by atoms with Crippen molar-refractivity contribution < 1.29 is 19.4 Å². The molecule has 0 saturated heterocycles. The Labute approximate surface area is 134 Å². The quantitative estimate of drug-likeness (QED) is 0.493. The summed E-state index contributed by atoms with van der Waals surface area (Å²) in [6.07, 6.45) is 6.37. The molecule has 120 valence electrons. The summed E-state index contributed by atoms with van der Waals surface area (Å²) in [5.41, 5.74) is 0.0777. The van der Waals surface area contributed by atoms with Gasteiger partial charge >= 0.3 is 5.97 Å². The number of rotatable bonds is 6. The van der Waals surface area contributed by atoms with Crippen LogP contribution in [0.2, 0.25) is 0 Å². The lowest BCUT2D eigenvalue weighted by Gasteiger charge is -2.42. The third-order valence-corrected chi connectivity index (χ3v) is 3.71. The summed E-state index contributed by atoms with van der Waals surface area (Å²) >= 11 is 0. The lowest BCUT2D eigenvalue weighted by atomic mass is 9.93. The largest absolute Gasteiger partial charge is 0.481 e. The monoisotopic (exact) mass is 314 g/mol. The van der Waals surface area contributed by atoms with Crippen LogP contribution in [0.5, 0.6) is 0 Å². The van der Waals surface area contributed by atoms with E-state index >= 15 is 0 Å². The van der Waals surface area contributed by atoms with Crippen molar-refractivity contribution in [3.8, 4) is 6.19 Å². The second-order valence-electron chi connectivity index (χ2n) is 5.03. The van der Waals surface area contributed by atoms with Gasteiger partial charge in [0.05, 0.1) is 12.1 Å². The number of nitrogens with zero attached hydrogens (tertiary/aromatic N) is 2. The first-order valence-electron chi connectivity index (χ1n) is 7.02. The van der Waals surface area contributed by atoms with Crippen molar-refractivity contribution in [1.82, 2.24) is 0 Å². The fourth-order valence-corrected chi connectivity index (χ4v) is 2.61. The molecular formula is C17H18N2O4. The van der Waals surface area contributed by atoms with Crippen molar-refractivity contribution in [2.45, 2.75) is 18.2 Å². The van der Waals surface area contributed by atoms with Crippen molar-refractivity contribution in [2.24, 2.45) is 0 Å². The molecule has 2 rings (SSSR count). The van der Waals surface area contributed by atoms with E-state index in [1.165, 1.54) is 19.1 Å². The average molecular weight is 314 g/mol. The summed E-state index contributed by atoms with van der Waals surface area (Å²) in [6, 6.07) is 9.09. The molecule has 0 heterocycles. The predicted molar refractivity (Wildman–Crippen MR) is 84.5 cm³/mol. The van der Waals surface area contributed by atoms with E-state index in [1.54, 1.807) is 30.4 Å². The molecule has 0 amide bonds. The number of carbonyl (C=O) groups is 1. The Bertz CT molecular complexity index is 663. The van der Waals surface area contributed by atoms with Gasteiger partial charge in [-0.05, 0) is 29.9 Å². The summed E-state index contributed by atoms with van der Waals surface area (Å²) in [7, 11) is 2.98. The molecule has 0 fully saturated rings. The van der Waals surface area contributed by atoms with Crippen molar-refractivity contribution in [3.05, 3.63) is 54.1 Å². The van der Waals surface area contributed by atoms with E-state index in [0.29, 0.717) is 11.3 Å². The highest BCUT2D eigenvalue weighted by Crippen LogP contribution is 2.34. The van der Waals surface area contributed by atoms with Gasteiger partial charge in [0.2, 0.25) is 5.72 Å². The van der Waals surface area contributed by atoms with Gasteiger partial charge in [-0.3, -0.25) is 4.79 Å². The number of anilines is 1. The van der Waals surface area contributed by atoms with E-state index in [2.05, 4.69) is 6.19 Å². The van der Waals surface area contributed by atoms with Gasteiger partial charge in [-0.15, -0.1) is 0 Å². The normalized spacial score (nSPS) is 23.0. The third kappa shape index (κ3) is 3.26. The second kappa shape index (κ2) is 7.09. The van der Waals surface area contributed by atoms with Crippen LogP contribution in [0.15, 0.2) is 54.1 Å². The van der Waals surface area contributed by atoms with Crippen LogP contribution in [0.4, 0.5) is 5.69 Å². The van der Waals surface area contributed by atoms with Crippen LogP contribution in [-0.2, 0) is 14.3 Å². The van der Waals surface area contributed by atoms with E-state index in [0.717, 1.165) is 0 Å². The van der Waals surface area contributed by atoms with Crippen LogP contribution >= 0.6 is 0 Å². The zero-order valence-corrected chi connectivity index (χ0v) is 13.0. The summed E-state index contributed by atoms with van der Waals surface area (Å²) in [4.78, 5) is 12.3. The number of para-hydroxylation sites is 1. The Morgan fingerprint density at radius 1 is 1.39 bits per heavy atom. The minimum absolute atomic E-state index is 0.117. The predicted octanol–water partition coefficient (Wildman–Crippen LogP) is 2.30. The molecule has 1 aromatic rings. The maximum absolute atomic E-state index is 10.9. The molecule has 6 heteroatoms. The van der Waals surface area contributed by atoms with Crippen molar-refractivity contribution in [2.75, 3.05) is 19.1 Å². The first-order chi connectivity index (χ1) is 11.1. The van der Waals surface area contributed by atoms with Crippen molar-refractivity contribution in [3.63, 3.8) is 0 Å². The minimum atomic E-state index is -1.17. The molecule has 0 saturated carbocycles. The topological polar surface area (TPSA) is 82.8 Å². The van der Waals surface area contributed by atoms with Crippen LogP contribution < -0.4 is 4.90 Å². The number of hydrogen-bond acceptors (Lipinski definition) is 5. The van der Waals surface area contributed by atoms with Crippen molar-refractivity contribution >= 4 is 11.7 Å². The van der Waals surface area contributed by atoms with Gasteiger partial charge in [-0.2, -0.15) is 5.26 Å². The number of ether oxygens (including phenoxy) is 2. The molecule has 0 aromatic heterocycles. The SMILES string of the molecule is COC1C=C(CC(=O)O)C=CC1(OC)N(C#N)c1ccccc1. The Kier molecular flexibility index (Phi) is 5.16. The number of allylic oxidation sites excluding steroid dienone is 1. The van der Waals surface area contributed by atoms with E-state index in [1.807, 2.05) is 18.2 Å². The molecule has 0 radical (unpaired) electrons. The average Bonchev–Trinajstić information content (AvgIpc) is 2.57. The highest BCUT2D eigenvalue weighted by molar-refractivity contribution is 5.71. The molecule has 1 aliphatic rings. The molecule has 1 aliphatic carbocycles. The van der Waals surface area contributed by atoms with E-state index in [-0.39, 0.29) is 6.42 Å². The van der Waals surface area contributed by atoms with Crippen LogP contribution in [0.3, 0.4) is 0 Å². The van der Waals surface area contributed by atoms with Crippen LogP contribution in [-0.4, -0.2) is 37.1 Å². The molecule has 6 nitrogen and oxygen atoms in total. The zero-order valence-electron chi connectivity index (χ0n) is 13.0. The molecule has 2 unspecified atom stereocenters. The molecule has 0 bridgehead atoms. The van der Waals surface area contributed by atoms with Gasteiger partial charge in [0.25, 0.3) is 0 Å². The molecule has 2 atom stereocenters. The standard InChI is InChI=1S/C17H18N2O4/c1-22-15-10-13(11-16(20)21)8-9-17(15,23-2)19(12-18)14-6-4-3-5-7-14/h3-10,15H,11H2,1-2H3,(H,20,21). The fourth-order valence-electron chi connectivity index (χ4n) is 2.61. The number of methoxy groups -OCH3 is 2. The Morgan fingerprint density at radius 3 is 2.61 bits per heavy atom. The zero-order chi connectivity index (χ0) is 16.9. The summed E-state index contributed by atoms with van der Waals surface area (Å²) in [5, 5.41) is 18.6. The van der Waals surface area contributed by atoms with Gasteiger partial charge in [-0.25, -0.2) is 4.90 Å². The van der Waals surface area contributed by atoms with Gasteiger partial charge in [-0.1, -0.05) is 24.3 Å². The summed E-state index contributed by atoms with van der Waals surface area (Å²) in [5.74, 6) is -0.930. The molecule has 1 N–H and O–H groups in total. The van der Waals surface area contributed by atoms with Crippen LogP contribution in [0, 0.1) is 11.5 Å². The lowest BCUT2D eigenvalue weighted by molar-refractivity contribution is -0.136. The fraction of sp³-hybridized carbons (Fsp3) is 0.294. The number of carboxylic acid groups (broad SMARTS) is 1. The van der Waals surface area contributed by atoms with Gasteiger partial charge in [0.1, 0.15) is 6.10 Å². The Hall–Kier alpha value is -2.62. The Balaban J connectivity index is 2.44. The van der Waals surface area contributed by atoms with Crippen molar-refractivity contribution in [1.29, 1.82) is 5.26 Å². The maximum atomic E-state index is 10.9. The number of nitriles is 1. The molecule has 1 aromatic carbocycles. The molecule has 23 heavy (non-hydrogen) atoms. The molecule has 0 spiro atoms. The van der Waals surface area contributed by atoms with E-state index < -0.39 is 17.8 Å². The molecular weight excluding hydrogens is 296 g/mol. The molecule has 0 aliphatic heterocycles. The summed E-state index contributed by atoms with van der Waals surface area (Å²) in [6.45, 7) is 0. The van der Waals surface area contributed by atoms with Crippen LogP contribution in [0.1, 0.15) is 6.42 Å². The van der Waals surface area contributed by atoms with Gasteiger partial charge < -0.3 is 14.6 Å². The first kappa shape index (κ1) is 16.7. The summed E-state index contributed by atoms with van der Waals surface area (Å²) < 4.78 is 11.1. The van der Waals surface area contributed by atoms with E-state index in [9.17, 15) is 10.1 Å². The maximum Gasteiger partial charge on any atom is 0.307 e. The smallest absolute Gasteiger partial charge is 0.307 e. The second-order valence-corrected chi connectivity index (χ2v) is 5.03. The van der Waals surface area contributed by atoms with Crippen LogP contribution in [0.25, 0.3) is 0 Å².